The first-order valence-corrected chi connectivity index (χ1v) is 10.9. The number of benzene rings is 2. The highest BCUT2D eigenvalue weighted by Crippen LogP contribution is 2.44. The Hall–Kier alpha value is -1.72. The number of hydrogen-bond acceptors (Lipinski definition) is 3. The van der Waals surface area contributed by atoms with Crippen molar-refractivity contribution in [1.29, 1.82) is 0 Å². The van der Waals surface area contributed by atoms with Crippen LogP contribution < -0.4 is 15.8 Å². The van der Waals surface area contributed by atoms with Crippen LogP contribution in [-0.2, 0) is 6.42 Å². The quantitative estimate of drug-likeness (QED) is 0.425. The van der Waals surface area contributed by atoms with E-state index < -0.39 is 0 Å². The second kappa shape index (κ2) is 10.3. The molecule has 0 unspecified atom stereocenters. The summed E-state index contributed by atoms with van der Waals surface area (Å²) >= 11 is 0. The van der Waals surface area contributed by atoms with Gasteiger partial charge in [0.25, 0.3) is 0 Å². The van der Waals surface area contributed by atoms with Gasteiger partial charge in [-0.1, -0.05) is 30.3 Å². The third-order valence-electron chi connectivity index (χ3n) is 6.86. The van der Waals surface area contributed by atoms with Gasteiger partial charge in [0.1, 0.15) is 5.75 Å². The Morgan fingerprint density at radius 3 is 2.52 bits per heavy atom. The van der Waals surface area contributed by atoms with E-state index in [0.29, 0.717) is 11.8 Å². The number of nitrogens with one attached hydrogen (secondary N) is 2. The number of methoxy groups -OCH3 is 1. The van der Waals surface area contributed by atoms with E-state index in [9.17, 15) is 0 Å². The summed E-state index contributed by atoms with van der Waals surface area (Å²) in [6.45, 7) is 2.19. The van der Waals surface area contributed by atoms with Gasteiger partial charge in [-0.25, -0.2) is 0 Å². The van der Waals surface area contributed by atoms with Gasteiger partial charge in [-0.05, 0) is 74.0 Å². The van der Waals surface area contributed by atoms with Gasteiger partial charge in [-0.2, -0.15) is 0 Å². The molecule has 0 bridgehead atoms. The molecule has 31 heavy (non-hydrogen) atoms. The molecule has 0 saturated heterocycles. The first-order valence-electron chi connectivity index (χ1n) is 10.9. The number of hydrogen-bond donors (Lipinski definition) is 3. The third kappa shape index (κ3) is 4.88. The number of ether oxygens (including phenoxy) is 1. The average molecular weight is 462 g/mol. The number of fused-ring (bicyclic) bond motifs is 3. The summed E-state index contributed by atoms with van der Waals surface area (Å²) in [6, 6.07) is 17.2. The predicted octanol–water partition coefficient (Wildman–Crippen LogP) is 5.16. The Morgan fingerprint density at radius 1 is 1.06 bits per heavy atom. The van der Waals surface area contributed by atoms with Gasteiger partial charge in [0.15, 0.2) is 0 Å². The van der Waals surface area contributed by atoms with Crippen LogP contribution >= 0.6 is 24.8 Å². The van der Waals surface area contributed by atoms with Crippen LogP contribution in [0, 0.1) is 5.92 Å². The van der Waals surface area contributed by atoms with Crippen molar-refractivity contribution in [2.24, 2.45) is 11.7 Å². The Kier molecular flexibility index (Phi) is 7.92. The minimum absolute atomic E-state index is 0. The highest BCUT2D eigenvalue weighted by atomic mass is 35.5. The largest absolute Gasteiger partial charge is 0.497 e. The van der Waals surface area contributed by atoms with Gasteiger partial charge in [0.05, 0.1) is 7.11 Å². The van der Waals surface area contributed by atoms with Gasteiger partial charge in [0.2, 0.25) is 0 Å². The van der Waals surface area contributed by atoms with Crippen LogP contribution in [0.1, 0.15) is 47.9 Å². The van der Waals surface area contributed by atoms with E-state index in [4.69, 9.17) is 10.5 Å². The number of aromatic amines is 1. The molecule has 6 heteroatoms. The molecule has 168 valence electrons. The number of H-pyrrole nitrogens is 1. The maximum absolute atomic E-state index is 6.97. The van der Waals surface area contributed by atoms with Crippen molar-refractivity contribution >= 4 is 35.7 Å². The Morgan fingerprint density at radius 2 is 1.81 bits per heavy atom. The van der Waals surface area contributed by atoms with E-state index in [1.807, 2.05) is 0 Å². The molecular formula is C25H33Cl2N3O. The van der Waals surface area contributed by atoms with Crippen molar-refractivity contribution in [1.82, 2.24) is 10.3 Å². The van der Waals surface area contributed by atoms with Crippen LogP contribution in [0.4, 0.5) is 0 Å². The van der Waals surface area contributed by atoms with Crippen LogP contribution in [-0.4, -0.2) is 31.2 Å². The molecule has 4 N–H and O–H groups in total. The normalized spacial score (nSPS) is 22.3. The minimum Gasteiger partial charge on any atom is -0.497 e. The fourth-order valence-electron chi connectivity index (χ4n) is 5.05. The van der Waals surface area contributed by atoms with Gasteiger partial charge in [0, 0.05) is 34.5 Å². The van der Waals surface area contributed by atoms with Gasteiger partial charge in [-0.15, -0.1) is 24.8 Å². The summed E-state index contributed by atoms with van der Waals surface area (Å²) in [5.74, 6) is 2.47. The van der Waals surface area contributed by atoms with Crippen molar-refractivity contribution < 1.29 is 4.74 Å². The molecule has 1 fully saturated rings. The second-order valence-electron chi connectivity index (χ2n) is 8.77. The van der Waals surface area contributed by atoms with E-state index in [0.717, 1.165) is 37.6 Å². The van der Waals surface area contributed by atoms with Gasteiger partial charge in [-0.3, -0.25) is 0 Å². The number of aromatic nitrogens is 1. The van der Waals surface area contributed by atoms with E-state index in [1.54, 1.807) is 7.11 Å². The number of halogens is 2. The van der Waals surface area contributed by atoms with E-state index in [2.05, 4.69) is 58.8 Å². The zero-order valence-corrected chi connectivity index (χ0v) is 19.6. The smallest absolute Gasteiger partial charge is 0.118 e. The maximum atomic E-state index is 6.97. The lowest BCUT2D eigenvalue weighted by molar-refractivity contribution is 0.390. The van der Waals surface area contributed by atoms with Crippen LogP contribution in [0.15, 0.2) is 48.5 Å². The zero-order chi connectivity index (χ0) is 19.8. The average Bonchev–Trinajstić information content (AvgIpc) is 3.51. The Bertz CT molecular complexity index is 984. The lowest BCUT2D eigenvalue weighted by Crippen LogP contribution is -2.41. The molecule has 2 aromatic carbocycles. The number of rotatable bonds is 7. The molecule has 1 saturated carbocycles. The van der Waals surface area contributed by atoms with Gasteiger partial charge < -0.3 is 20.8 Å². The molecule has 0 radical (unpaired) electrons. The minimum atomic E-state index is 0. The van der Waals surface area contributed by atoms with Crippen molar-refractivity contribution in [2.45, 2.75) is 43.6 Å². The molecule has 2 aliphatic rings. The predicted molar refractivity (Wildman–Crippen MR) is 133 cm³/mol. The monoisotopic (exact) mass is 461 g/mol. The fraction of sp³-hybridized carbons (Fsp3) is 0.440. The van der Waals surface area contributed by atoms with Crippen LogP contribution in [0.5, 0.6) is 5.75 Å². The summed E-state index contributed by atoms with van der Waals surface area (Å²) in [5, 5.41) is 5.02. The highest BCUT2D eigenvalue weighted by Gasteiger charge is 2.37. The van der Waals surface area contributed by atoms with Gasteiger partial charge >= 0.3 is 0 Å². The van der Waals surface area contributed by atoms with E-state index in [1.165, 1.54) is 40.6 Å². The zero-order valence-electron chi connectivity index (χ0n) is 18.0. The first kappa shape index (κ1) is 23.9. The van der Waals surface area contributed by atoms with Crippen LogP contribution in [0.25, 0.3) is 10.9 Å². The molecule has 4 nitrogen and oxygen atoms in total. The van der Waals surface area contributed by atoms with Crippen molar-refractivity contribution in [2.75, 3.05) is 20.2 Å². The molecule has 2 aliphatic carbocycles. The topological polar surface area (TPSA) is 63.1 Å². The second-order valence-corrected chi connectivity index (χ2v) is 8.77. The molecule has 3 aromatic rings. The summed E-state index contributed by atoms with van der Waals surface area (Å²) in [5.41, 5.74) is 12.3. The standard InChI is InChI=1S/C25H31N3O.2ClH/c1-29-18-10-8-17(9-11-18)21-14-23-24(19-4-2-3-5-22(19)28-23)20(25(21)26)12-13-27-15-16-6-7-16;;/h2-5,8-11,16,20-21,25,27-28H,6-7,12-15,26H2,1H3;2*1H/t20-,21-,25+;;/m1../s1. The molecule has 0 aliphatic heterocycles. The molecule has 1 aromatic heterocycles. The first-order chi connectivity index (χ1) is 14.2. The summed E-state index contributed by atoms with van der Waals surface area (Å²) in [4.78, 5) is 3.71. The summed E-state index contributed by atoms with van der Waals surface area (Å²) < 4.78 is 5.34. The van der Waals surface area contributed by atoms with Crippen molar-refractivity contribution in [3.63, 3.8) is 0 Å². The molecule has 3 atom stereocenters. The van der Waals surface area contributed by atoms with E-state index in [-0.39, 0.29) is 30.9 Å². The molecular weight excluding hydrogens is 429 g/mol. The lowest BCUT2D eigenvalue weighted by atomic mass is 9.71. The molecule has 1 heterocycles. The summed E-state index contributed by atoms with van der Waals surface area (Å²) in [6.07, 6.45) is 4.82. The highest BCUT2D eigenvalue weighted by molar-refractivity contribution is 5.86. The van der Waals surface area contributed by atoms with Crippen molar-refractivity contribution in [3.05, 3.63) is 65.4 Å². The van der Waals surface area contributed by atoms with E-state index >= 15 is 0 Å². The van der Waals surface area contributed by atoms with Crippen LogP contribution in [0.3, 0.4) is 0 Å². The lowest BCUT2D eigenvalue weighted by Gasteiger charge is -2.37. The Labute approximate surface area is 197 Å². The van der Waals surface area contributed by atoms with Crippen molar-refractivity contribution in [3.8, 4) is 5.75 Å². The third-order valence-corrected chi connectivity index (χ3v) is 6.86. The maximum Gasteiger partial charge on any atom is 0.118 e. The molecule has 0 spiro atoms. The number of nitrogens with two attached hydrogens (primary N) is 1. The number of para-hydroxylation sites is 1. The summed E-state index contributed by atoms with van der Waals surface area (Å²) in [7, 11) is 1.71. The molecule has 0 amide bonds. The SMILES string of the molecule is COc1ccc([C@H]2Cc3[nH]c4ccccc4c3[C@@H](CCNCC3CC3)[C@@H]2N)cc1.Cl.Cl. The fourth-order valence-corrected chi connectivity index (χ4v) is 5.05. The van der Waals surface area contributed by atoms with Crippen LogP contribution in [0.2, 0.25) is 0 Å². The molecule has 5 rings (SSSR count). The Balaban J connectivity index is 0.00000136.